The number of hydrogen-bond acceptors (Lipinski definition) is 2. The topological polar surface area (TPSA) is 63.3 Å². The van der Waals surface area contributed by atoms with Crippen LogP contribution in [0, 0.1) is 35.5 Å². The molecular weight excluding hydrogens is 562 g/mol. The van der Waals surface area contributed by atoms with Crippen LogP contribution in [0.3, 0.4) is 0 Å². The number of hydrogen-bond donors (Lipinski definition) is 2. The van der Waals surface area contributed by atoms with E-state index in [1.165, 1.54) is 75.3 Å². The standard InChI is InChI=1S/C43H61NO2/c44-31-28-39-37(26-27-41(40(39)33-42(45)46)43(29-14-5-15-30-43)38-22-12-4-13-23-38)32-36(25-24-35-19-9-2-10-20-35)21-11-3-8-18-34-16-6-1-7-17-34/h2-4,9-13,19-20,22-23,26-27,34,36-37,39-41H,1,5-8,14-18,21,24-25,28-33,44H2,(H,45,46)/b11-3-/t36-,37+,39+,40+,41-/m0/s1. The van der Waals surface area contributed by atoms with E-state index < -0.39 is 5.97 Å². The molecule has 0 bridgehead atoms. The fraction of sp³-hybridized carbons (Fsp3) is 0.605. The molecule has 2 saturated carbocycles. The first-order valence-electron chi connectivity index (χ1n) is 18.9. The molecule has 0 unspecified atom stereocenters. The Morgan fingerprint density at radius 3 is 2.24 bits per heavy atom. The predicted molar refractivity (Wildman–Crippen MR) is 193 cm³/mol. The normalized spacial score (nSPS) is 25.8. The number of allylic oxidation sites excluding steroid dienone is 4. The number of carbonyl (C=O) groups is 1. The summed E-state index contributed by atoms with van der Waals surface area (Å²) in [6.07, 6.45) is 31.3. The van der Waals surface area contributed by atoms with Gasteiger partial charge in [-0.1, -0.05) is 136 Å². The van der Waals surface area contributed by atoms with Crippen LogP contribution in [0.5, 0.6) is 0 Å². The van der Waals surface area contributed by atoms with Crippen molar-refractivity contribution in [3.8, 4) is 0 Å². The summed E-state index contributed by atoms with van der Waals surface area (Å²) in [6.45, 7) is 0.617. The van der Waals surface area contributed by atoms with E-state index in [0.717, 1.165) is 50.9 Å². The van der Waals surface area contributed by atoms with E-state index in [1.54, 1.807) is 0 Å². The summed E-state index contributed by atoms with van der Waals surface area (Å²) in [7, 11) is 0. The quantitative estimate of drug-likeness (QED) is 0.183. The van der Waals surface area contributed by atoms with E-state index in [-0.39, 0.29) is 23.7 Å². The van der Waals surface area contributed by atoms with E-state index >= 15 is 0 Å². The third-order valence-electron chi connectivity index (χ3n) is 12.2. The molecule has 0 heterocycles. The summed E-state index contributed by atoms with van der Waals surface area (Å²) in [6, 6.07) is 22.0. The van der Waals surface area contributed by atoms with Crippen LogP contribution in [0.4, 0.5) is 0 Å². The molecule has 3 heteroatoms. The van der Waals surface area contributed by atoms with Crippen LogP contribution in [-0.4, -0.2) is 17.6 Å². The predicted octanol–water partition coefficient (Wildman–Crippen LogP) is 10.7. The molecule has 2 aromatic rings. The minimum Gasteiger partial charge on any atom is -0.481 e. The highest BCUT2D eigenvalue weighted by Crippen LogP contribution is 2.54. The number of aliphatic carboxylic acids is 1. The molecule has 0 saturated heterocycles. The lowest BCUT2D eigenvalue weighted by Crippen LogP contribution is -2.46. The van der Waals surface area contributed by atoms with Crippen molar-refractivity contribution in [1.82, 2.24) is 0 Å². The van der Waals surface area contributed by atoms with Crippen molar-refractivity contribution in [3.63, 3.8) is 0 Å². The average Bonchev–Trinajstić information content (AvgIpc) is 3.09. The molecule has 3 N–H and O–H groups in total. The van der Waals surface area contributed by atoms with Crippen molar-refractivity contribution < 1.29 is 9.90 Å². The minimum atomic E-state index is -0.661. The van der Waals surface area contributed by atoms with Gasteiger partial charge in [0.2, 0.25) is 0 Å². The molecule has 250 valence electrons. The molecule has 5 atom stereocenters. The summed E-state index contributed by atoms with van der Waals surface area (Å²) in [5.41, 5.74) is 9.18. The van der Waals surface area contributed by atoms with Crippen molar-refractivity contribution in [2.75, 3.05) is 6.54 Å². The lowest BCUT2D eigenvalue weighted by atomic mass is 9.53. The Labute approximate surface area is 280 Å². The van der Waals surface area contributed by atoms with Crippen LogP contribution in [-0.2, 0) is 16.6 Å². The molecule has 2 fully saturated rings. The molecule has 0 spiro atoms. The van der Waals surface area contributed by atoms with Gasteiger partial charge >= 0.3 is 5.97 Å². The van der Waals surface area contributed by atoms with Gasteiger partial charge in [0.25, 0.3) is 0 Å². The molecule has 0 amide bonds. The molecule has 0 aromatic heterocycles. The van der Waals surface area contributed by atoms with Crippen molar-refractivity contribution in [2.24, 2.45) is 41.2 Å². The van der Waals surface area contributed by atoms with E-state index in [1.807, 2.05) is 0 Å². The van der Waals surface area contributed by atoms with E-state index in [9.17, 15) is 9.90 Å². The number of benzene rings is 2. The number of nitrogens with two attached hydrogens (primary N) is 1. The lowest BCUT2D eigenvalue weighted by Gasteiger charge is -2.51. The third-order valence-corrected chi connectivity index (χ3v) is 12.2. The molecule has 5 rings (SSSR count). The molecule has 0 aliphatic heterocycles. The Hall–Kier alpha value is -2.65. The molecule has 3 aliphatic carbocycles. The van der Waals surface area contributed by atoms with E-state index in [0.29, 0.717) is 24.3 Å². The van der Waals surface area contributed by atoms with Gasteiger partial charge in [0, 0.05) is 11.8 Å². The van der Waals surface area contributed by atoms with Gasteiger partial charge in [-0.05, 0) is 111 Å². The second kappa shape index (κ2) is 18.0. The Kier molecular flexibility index (Phi) is 13.6. The summed E-state index contributed by atoms with van der Waals surface area (Å²) in [4.78, 5) is 12.5. The maximum atomic E-state index is 12.5. The van der Waals surface area contributed by atoms with Crippen molar-refractivity contribution >= 4 is 5.97 Å². The second-order valence-corrected chi connectivity index (χ2v) is 15.1. The molecule has 3 aliphatic rings. The number of aryl methyl sites for hydroxylation is 1. The van der Waals surface area contributed by atoms with E-state index in [2.05, 4.69) is 85.0 Å². The fourth-order valence-corrected chi connectivity index (χ4v) is 9.79. The molecule has 0 radical (unpaired) electrons. The van der Waals surface area contributed by atoms with Crippen LogP contribution in [0.15, 0.2) is 85.0 Å². The first kappa shape index (κ1) is 34.7. The zero-order chi connectivity index (χ0) is 32.0. The third kappa shape index (κ3) is 9.46. The Bertz CT molecular complexity index is 1210. The highest BCUT2D eigenvalue weighted by atomic mass is 16.4. The van der Waals surface area contributed by atoms with Crippen molar-refractivity contribution in [2.45, 2.75) is 121 Å². The number of carboxylic acid groups (broad SMARTS) is 1. The summed E-state index contributed by atoms with van der Waals surface area (Å²) in [5.74, 6) is 1.86. The van der Waals surface area contributed by atoms with Gasteiger partial charge in [-0.2, -0.15) is 0 Å². The van der Waals surface area contributed by atoms with Crippen LogP contribution >= 0.6 is 0 Å². The van der Waals surface area contributed by atoms with Crippen LogP contribution in [0.1, 0.15) is 120 Å². The molecule has 3 nitrogen and oxygen atoms in total. The van der Waals surface area contributed by atoms with Gasteiger partial charge in [0.1, 0.15) is 0 Å². The van der Waals surface area contributed by atoms with E-state index in [4.69, 9.17) is 5.73 Å². The maximum absolute atomic E-state index is 12.5. The Balaban J connectivity index is 1.37. The molecule has 46 heavy (non-hydrogen) atoms. The summed E-state index contributed by atoms with van der Waals surface area (Å²) >= 11 is 0. The Morgan fingerprint density at radius 1 is 0.848 bits per heavy atom. The van der Waals surface area contributed by atoms with Crippen LogP contribution in [0.25, 0.3) is 0 Å². The zero-order valence-corrected chi connectivity index (χ0v) is 28.4. The SMILES string of the molecule is NCC[C@H]1[C@@H](CC(=O)O)[C@@H](C2(c3ccccc3)CCCCC2)C=C[C@@H]1C[C@@H](C/C=C\CCC1CCCCC1)CCc1ccccc1. The highest BCUT2D eigenvalue weighted by Gasteiger charge is 2.48. The fourth-order valence-electron chi connectivity index (χ4n) is 9.79. The summed E-state index contributed by atoms with van der Waals surface area (Å²) < 4.78 is 0. The minimum absolute atomic E-state index is 0.0156. The van der Waals surface area contributed by atoms with Crippen LogP contribution in [0.2, 0.25) is 0 Å². The second-order valence-electron chi connectivity index (χ2n) is 15.1. The largest absolute Gasteiger partial charge is 0.481 e. The van der Waals surface area contributed by atoms with Gasteiger partial charge < -0.3 is 10.8 Å². The smallest absolute Gasteiger partial charge is 0.303 e. The van der Waals surface area contributed by atoms with Crippen LogP contribution < -0.4 is 5.73 Å². The molecular formula is C43H61NO2. The number of rotatable bonds is 16. The zero-order valence-electron chi connectivity index (χ0n) is 28.4. The lowest BCUT2D eigenvalue weighted by molar-refractivity contribution is -0.139. The first-order chi connectivity index (χ1) is 22.6. The Morgan fingerprint density at radius 2 is 1.54 bits per heavy atom. The van der Waals surface area contributed by atoms with Crippen molar-refractivity contribution in [3.05, 3.63) is 96.1 Å². The summed E-state index contributed by atoms with van der Waals surface area (Å²) in [5, 5.41) is 10.3. The van der Waals surface area contributed by atoms with Gasteiger partial charge in [0.15, 0.2) is 0 Å². The number of carboxylic acids is 1. The highest BCUT2D eigenvalue weighted by molar-refractivity contribution is 5.67. The van der Waals surface area contributed by atoms with Gasteiger partial charge in [-0.25, -0.2) is 0 Å². The van der Waals surface area contributed by atoms with Crippen molar-refractivity contribution in [1.29, 1.82) is 0 Å². The van der Waals surface area contributed by atoms with Gasteiger partial charge in [0.05, 0.1) is 0 Å². The van der Waals surface area contributed by atoms with Gasteiger partial charge in [-0.15, -0.1) is 0 Å². The maximum Gasteiger partial charge on any atom is 0.303 e. The monoisotopic (exact) mass is 623 g/mol. The molecule has 2 aromatic carbocycles. The first-order valence-corrected chi connectivity index (χ1v) is 18.9. The van der Waals surface area contributed by atoms with Gasteiger partial charge in [-0.3, -0.25) is 4.79 Å². The average molecular weight is 624 g/mol.